The van der Waals surface area contributed by atoms with Crippen molar-refractivity contribution < 1.29 is 9.72 Å². The Morgan fingerprint density at radius 2 is 2.29 bits per heavy atom. The van der Waals surface area contributed by atoms with Crippen LogP contribution in [0.15, 0.2) is 30.9 Å². The van der Waals surface area contributed by atoms with E-state index in [4.69, 9.17) is 0 Å². The summed E-state index contributed by atoms with van der Waals surface area (Å²) in [6, 6.07) is 3.33. The summed E-state index contributed by atoms with van der Waals surface area (Å²) in [5, 5.41) is 16.3. The molecule has 0 unspecified atom stereocenters. The van der Waals surface area contributed by atoms with Crippen molar-refractivity contribution in [3.8, 4) is 0 Å². The summed E-state index contributed by atoms with van der Waals surface area (Å²) in [7, 11) is 1.65. The number of amides is 1. The quantitative estimate of drug-likeness (QED) is 0.456. The van der Waals surface area contributed by atoms with Gasteiger partial charge in [-0.25, -0.2) is 0 Å². The molecule has 0 aromatic carbocycles. The van der Waals surface area contributed by atoms with Gasteiger partial charge in [0, 0.05) is 32.5 Å². The van der Waals surface area contributed by atoms with Gasteiger partial charge in [-0.3, -0.25) is 14.3 Å². The van der Waals surface area contributed by atoms with E-state index in [0.29, 0.717) is 24.5 Å². The van der Waals surface area contributed by atoms with Crippen LogP contribution in [0.3, 0.4) is 0 Å². The van der Waals surface area contributed by atoms with Crippen molar-refractivity contribution in [3.05, 3.63) is 46.5 Å². The summed E-state index contributed by atoms with van der Waals surface area (Å²) in [6.45, 7) is 0.655. The lowest BCUT2D eigenvalue weighted by molar-refractivity contribution is -0.388. The number of aromatic nitrogens is 3. The minimum Gasteiger partial charge on any atom is -0.363 e. The van der Waals surface area contributed by atoms with E-state index >= 15 is 0 Å². The van der Waals surface area contributed by atoms with Gasteiger partial charge < -0.3 is 20.7 Å². The molecule has 0 atom stereocenters. The Hall–Kier alpha value is -2.97. The molecule has 2 rings (SSSR count). The van der Waals surface area contributed by atoms with Gasteiger partial charge in [0.2, 0.25) is 12.1 Å². The van der Waals surface area contributed by atoms with Crippen LogP contribution in [0.2, 0.25) is 0 Å². The molecule has 0 aliphatic heterocycles. The molecule has 2 N–H and O–H groups in total. The average Bonchev–Trinajstić information content (AvgIpc) is 2.85. The molecule has 0 radical (unpaired) electrons. The van der Waals surface area contributed by atoms with Crippen LogP contribution in [-0.4, -0.2) is 38.5 Å². The number of rotatable bonds is 6. The number of carbonyl (C=O) groups is 1. The van der Waals surface area contributed by atoms with Crippen molar-refractivity contribution in [1.82, 2.24) is 19.9 Å². The van der Waals surface area contributed by atoms with Crippen LogP contribution in [0.5, 0.6) is 0 Å². The van der Waals surface area contributed by atoms with Crippen molar-refractivity contribution >= 4 is 17.5 Å². The number of imidazole rings is 1. The van der Waals surface area contributed by atoms with Crippen LogP contribution in [0, 0.1) is 10.1 Å². The predicted molar refractivity (Wildman–Crippen MR) is 74.9 cm³/mol. The van der Waals surface area contributed by atoms with E-state index in [2.05, 4.69) is 20.6 Å². The summed E-state index contributed by atoms with van der Waals surface area (Å²) in [6.07, 6.45) is 4.41. The number of hydrogen-bond donors (Lipinski definition) is 2. The first kappa shape index (κ1) is 14.4. The van der Waals surface area contributed by atoms with Crippen LogP contribution < -0.4 is 10.6 Å². The Morgan fingerprint density at radius 1 is 1.48 bits per heavy atom. The van der Waals surface area contributed by atoms with Gasteiger partial charge in [-0.05, 0) is 22.0 Å². The van der Waals surface area contributed by atoms with Gasteiger partial charge in [0.1, 0.15) is 0 Å². The van der Waals surface area contributed by atoms with Crippen LogP contribution in [-0.2, 0) is 7.05 Å². The molecule has 0 aliphatic carbocycles. The van der Waals surface area contributed by atoms with Crippen LogP contribution in [0.25, 0.3) is 0 Å². The molecule has 0 spiro atoms. The Bertz CT molecular complexity index is 640. The van der Waals surface area contributed by atoms with Crippen molar-refractivity contribution in [1.29, 1.82) is 0 Å². The Labute approximate surface area is 120 Å². The van der Waals surface area contributed by atoms with Gasteiger partial charge in [-0.1, -0.05) is 0 Å². The molecular weight excluding hydrogens is 276 g/mol. The first-order valence-electron chi connectivity index (χ1n) is 6.17. The molecule has 2 aromatic heterocycles. The summed E-state index contributed by atoms with van der Waals surface area (Å²) >= 11 is 0. The lowest BCUT2D eigenvalue weighted by Gasteiger charge is -2.07. The fourth-order valence-corrected chi connectivity index (χ4v) is 1.71. The molecule has 9 nitrogen and oxygen atoms in total. The first-order chi connectivity index (χ1) is 10.1. The fraction of sp³-hybridized carbons (Fsp3) is 0.250. The van der Waals surface area contributed by atoms with E-state index in [1.54, 1.807) is 25.4 Å². The zero-order chi connectivity index (χ0) is 15.2. The number of hydrogen-bond acceptors (Lipinski definition) is 6. The van der Waals surface area contributed by atoms with Crippen molar-refractivity contribution in [3.63, 3.8) is 0 Å². The second-order valence-corrected chi connectivity index (χ2v) is 4.21. The molecule has 110 valence electrons. The van der Waals surface area contributed by atoms with Crippen LogP contribution >= 0.6 is 0 Å². The first-order valence-corrected chi connectivity index (χ1v) is 6.17. The lowest BCUT2D eigenvalue weighted by Crippen LogP contribution is -2.29. The van der Waals surface area contributed by atoms with Crippen molar-refractivity contribution in [2.45, 2.75) is 0 Å². The lowest BCUT2D eigenvalue weighted by atomic mass is 10.3. The summed E-state index contributed by atoms with van der Waals surface area (Å²) in [5.74, 6) is -0.184. The van der Waals surface area contributed by atoms with Crippen LogP contribution in [0.1, 0.15) is 10.4 Å². The van der Waals surface area contributed by atoms with E-state index in [-0.39, 0.29) is 11.7 Å². The maximum Gasteiger partial charge on any atom is 0.406 e. The van der Waals surface area contributed by atoms with Crippen molar-refractivity contribution in [2.75, 3.05) is 18.4 Å². The number of nitrogens with one attached hydrogen (secondary N) is 2. The second kappa shape index (κ2) is 6.46. The molecule has 2 heterocycles. The number of nitro groups is 1. The number of pyridine rings is 1. The fourth-order valence-electron chi connectivity index (χ4n) is 1.71. The third-order valence-corrected chi connectivity index (χ3v) is 2.72. The largest absolute Gasteiger partial charge is 0.406 e. The standard InChI is InChI=1S/C12H14N6O3/c1-17-8-16-11(18(20)21)10(17)14-5-6-15-12(19)9-3-2-4-13-7-9/h2-4,7-8,14H,5-6H2,1H3,(H,15,19). The zero-order valence-corrected chi connectivity index (χ0v) is 11.3. The number of carbonyl (C=O) groups excluding carboxylic acids is 1. The molecule has 0 aliphatic rings. The number of anilines is 1. The van der Waals surface area contributed by atoms with E-state index in [1.165, 1.54) is 17.1 Å². The minimum absolute atomic E-state index is 0.240. The highest BCUT2D eigenvalue weighted by Gasteiger charge is 2.19. The van der Waals surface area contributed by atoms with Gasteiger partial charge in [0.25, 0.3) is 5.91 Å². The third-order valence-electron chi connectivity index (χ3n) is 2.72. The highest BCUT2D eigenvalue weighted by molar-refractivity contribution is 5.93. The normalized spacial score (nSPS) is 10.1. The minimum atomic E-state index is -0.559. The van der Waals surface area contributed by atoms with Crippen LogP contribution in [0.4, 0.5) is 11.6 Å². The molecular formula is C12H14N6O3. The molecule has 21 heavy (non-hydrogen) atoms. The second-order valence-electron chi connectivity index (χ2n) is 4.21. The number of nitrogens with zero attached hydrogens (tertiary/aromatic N) is 4. The summed E-state index contributed by atoms with van der Waals surface area (Å²) in [5.41, 5.74) is 0.462. The maximum absolute atomic E-state index is 11.7. The van der Waals surface area contributed by atoms with Gasteiger partial charge in [0.05, 0.1) is 5.56 Å². The molecule has 0 saturated carbocycles. The predicted octanol–water partition coefficient (Wildman–Crippen LogP) is 0.565. The van der Waals surface area contributed by atoms with Gasteiger partial charge in [-0.15, -0.1) is 0 Å². The van der Waals surface area contributed by atoms with E-state index < -0.39 is 4.92 Å². The monoisotopic (exact) mass is 290 g/mol. The SMILES string of the molecule is Cn1cnc([N+](=O)[O-])c1NCCNC(=O)c1cccnc1. The highest BCUT2D eigenvalue weighted by atomic mass is 16.6. The molecule has 2 aromatic rings. The maximum atomic E-state index is 11.7. The Kier molecular flexibility index (Phi) is 4.44. The van der Waals surface area contributed by atoms with E-state index in [0.717, 1.165) is 0 Å². The average molecular weight is 290 g/mol. The van der Waals surface area contributed by atoms with E-state index in [1.807, 2.05) is 0 Å². The van der Waals surface area contributed by atoms with Gasteiger partial charge in [0.15, 0.2) is 0 Å². The van der Waals surface area contributed by atoms with Gasteiger partial charge in [-0.2, -0.15) is 0 Å². The molecule has 1 amide bonds. The molecule has 0 bridgehead atoms. The zero-order valence-electron chi connectivity index (χ0n) is 11.3. The molecule has 0 saturated heterocycles. The third kappa shape index (κ3) is 3.53. The van der Waals surface area contributed by atoms with Gasteiger partial charge >= 0.3 is 5.82 Å². The van der Waals surface area contributed by atoms with Crippen molar-refractivity contribution in [2.24, 2.45) is 7.05 Å². The smallest absolute Gasteiger partial charge is 0.363 e. The topological polar surface area (TPSA) is 115 Å². The summed E-state index contributed by atoms with van der Waals surface area (Å²) < 4.78 is 1.51. The Morgan fingerprint density at radius 3 is 2.95 bits per heavy atom. The number of aryl methyl sites for hydroxylation is 1. The molecule has 0 fully saturated rings. The Balaban J connectivity index is 1.84. The highest BCUT2D eigenvalue weighted by Crippen LogP contribution is 2.20. The molecule has 9 heteroatoms. The van der Waals surface area contributed by atoms with E-state index in [9.17, 15) is 14.9 Å². The summed E-state index contributed by atoms with van der Waals surface area (Å²) in [4.78, 5) is 29.5.